The standard InChI is InChI=1S/2C13H10O.5C6H6.C4H8.C3H6O.C3H8.4C2H6O.11C2H6.2CH4/c2*14-13(11-7-3-1-4-8-11)12-9-5-2-6-10-12;5*1-2-4-6-5-3-1;1-4(2)3;1-3(2)4;5*1-3-2;11*1-2;;/h2*1-10H;5*1-6H;1H2,2-3H3;1-2H3;3H2,1-2H3;4*1-2H3;11*1-2H3;2*1H4. The molecule has 0 unspecified atom stereocenters. The van der Waals surface area contributed by atoms with Gasteiger partial charge in [-0.2, -0.15) is 0 Å². The third kappa shape index (κ3) is 173. The fourth-order valence-corrected chi connectivity index (χ4v) is 4.62. The molecule has 7 nitrogen and oxygen atoms in total. The number of benzene rings is 9. The molecule has 0 amide bonds. The zero-order valence-electron chi connectivity index (χ0n) is 73.1. The van der Waals surface area contributed by atoms with E-state index in [4.69, 9.17) is 0 Å². The van der Waals surface area contributed by atoms with E-state index in [2.05, 4.69) is 39.4 Å². The van der Waals surface area contributed by atoms with Gasteiger partial charge in [-0.25, -0.2) is 0 Å². The van der Waals surface area contributed by atoms with Crippen LogP contribution in [0.1, 0.15) is 247 Å². The van der Waals surface area contributed by atoms with Gasteiger partial charge in [-0.05, 0) is 27.7 Å². The van der Waals surface area contributed by atoms with Crippen LogP contribution < -0.4 is 0 Å². The topological polar surface area (TPSA) is 88.1 Å². The highest BCUT2D eigenvalue weighted by Crippen LogP contribution is 2.10. The summed E-state index contributed by atoms with van der Waals surface area (Å²) in [7, 11) is 13.0. The minimum absolute atomic E-state index is 0. The Kier molecular flexibility index (Phi) is 234. The fraction of sp³-hybridized carbons (Fsp3) is 0.398. The minimum atomic E-state index is 0. The molecule has 9 aromatic carbocycles. The third-order valence-corrected chi connectivity index (χ3v) is 7.48. The molecule has 0 aromatic heterocycles. The summed E-state index contributed by atoms with van der Waals surface area (Å²) in [6, 6.07) is 97.2. The van der Waals surface area contributed by atoms with Gasteiger partial charge < -0.3 is 23.7 Å². The molecule has 0 atom stereocenters. The first-order chi connectivity index (χ1) is 50.3. The molecule has 7 heteroatoms. The van der Waals surface area contributed by atoms with Crippen molar-refractivity contribution in [2.75, 3.05) is 56.9 Å². The molecule has 9 aromatic rings. The molecular formula is C98H170O7. The lowest BCUT2D eigenvalue weighted by Gasteiger charge is -1.99. The van der Waals surface area contributed by atoms with Crippen LogP contribution in [-0.2, 0) is 23.7 Å². The quantitative estimate of drug-likeness (QED) is 0.128. The Hall–Kier alpha value is -8.43. The number of rotatable bonds is 4. The molecule has 0 aliphatic heterocycles. The summed E-state index contributed by atoms with van der Waals surface area (Å²) in [5, 5.41) is 0. The van der Waals surface area contributed by atoms with Gasteiger partial charge in [-0.3, -0.25) is 9.59 Å². The summed E-state index contributed by atoms with van der Waals surface area (Å²) in [6.45, 7) is 58.8. The molecule has 604 valence electrons. The highest BCUT2D eigenvalue weighted by molar-refractivity contribution is 6.09. The van der Waals surface area contributed by atoms with Crippen molar-refractivity contribution < 1.29 is 33.3 Å². The number of carbonyl (C=O) groups excluding carboxylic acids is 3. The van der Waals surface area contributed by atoms with Crippen molar-refractivity contribution in [3.8, 4) is 0 Å². The van der Waals surface area contributed by atoms with Gasteiger partial charge in [0, 0.05) is 79.1 Å². The van der Waals surface area contributed by atoms with Crippen LogP contribution in [0.25, 0.3) is 0 Å². The first-order valence-electron chi connectivity index (χ1n) is 37.3. The molecule has 0 heterocycles. The number of allylic oxidation sites excluding steroid dienone is 1. The Balaban J connectivity index is -0.0000000488. The molecule has 0 N–H and O–H groups in total. The van der Waals surface area contributed by atoms with Gasteiger partial charge in [0.25, 0.3) is 0 Å². The van der Waals surface area contributed by atoms with Crippen LogP contribution in [0.4, 0.5) is 0 Å². The van der Waals surface area contributed by atoms with Crippen molar-refractivity contribution in [2.24, 2.45) is 0 Å². The average Bonchev–Trinajstić information content (AvgIpc) is 0.883. The van der Waals surface area contributed by atoms with Gasteiger partial charge in [0.15, 0.2) is 11.6 Å². The SMILES string of the molecule is C.C.C=C(C)C.CC.CC.CC.CC.CC.CC.CC.CC.CC.CC.CC.CC(C)=O.CCC.COC.COC.COC.COC.O=C(c1ccccc1)c1ccccc1.O=C(c1ccccc1)c1ccccc1.c1ccccc1.c1ccccc1.c1ccccc1.c1ccccc1.c1ccccc1. The smallest absolute Gasteiger partial charge is 0.193 e. The number of ketones is 3. The predicted octanol–water partition coefficient (Wildman–Crippen LogP) is 31.5. The molecular weight excluding hydrogens is 1290 g/mol. The maximum absolute atomic E-state index is 11.8. The largest absolute Gasteiger partial charge is 0.388 e. The first kappa shape index (κ1) is 143. The Morgan fingerprint density at radius 1 is 0.219 bits per heavy atom. The number of hydrogen-bond donors (Lipinski definition) is 0. The van der Waals surface area contributed by atoms with E-state index < -0.39 is 0 Å². The van der Waals surface area contributed by atoms with Gasteiger partial charge in [-0.15, -0.1) is 6.58 Å². The van der Waals surface area contributed by atoms with Crippen molar-refractivity contribution >= 4 is 17.3 Å². The Morgan fingerprint density at radius 3 is 0.324 bits per heavy atom. The van der Waals surface area contributed by atoms with E-state index in [0.717, 1.165) is 22.3 Å². The van der Waals surface area contributed by atoms with Crippen molar-refractivity contribution in [3.05, 3.63) is 338 Å². The summed E-state index contributed by atoms with van der Waals surface area (Å²) in [4.78, 5) is 33.1. The van der Waals surface area contributed by atoms with Gasteiger partial charge in [-0.1, -0.05) is 496 Å². The average molecular weight is 1460 g/mol. The third-order valence-electron chi connectivity index (χ3n) is 7.48. The van der Waals surface area contributed by atoms with Crippen LogP contribution >= 0.6 is 0 Å². The number of Topliss-reactive ketones (excluding diaryl/α,β-unsaturated/α-hetero) is 1. The molecule has 0 saturated carbocycles. The first-order valence-corrected chi connectivity index (χ1v) is 37.3. The predicted molar refractivity (Wildman–Crippen MR) is 488 cm³/mol. The van der Waals surface area contributed by atoms with E-state index >= 15 is 0 Å². The summed E-state index contributed by atoms with van der Waals surface area (Å²) in [5.41, 5.74) is 4.11. The molecule has 0 aliphatic carbocycles. The van der Waals surface area contributed by atoms with Crippen LogP contribution in [0.15, 0.2) is 315 Å². The highest BCUT2D eigenvalue weighted by atomic mass is 16.5. The van der Waals surface area contributed by atoms with E-state index in [0.29, 0.717) is 0 Å². The normalized spacial score (nSPS) is 6.86. The number of carbonyl (C=O) groups is 3. The van der Waals surface area contributed by atoms with Crippen molar-refractivity contribution in [2.45, 2.75) is 215 Å². The maximum atomic E-state index is 11.8. The zero-order chi connectivity index (χ0) is 83.5. The molecule has 0 fully saturated rings. The Bertz CT molecular complexity index is 2000. The lowest BCUT2D eigenvalue weighted by Crippen LogP contribution is -1.99. The lowest BCUT2D eigenvalue weighted by atomic mass is 10.0. The second-order valence-corrected chi connectivity index (χ2v) is 16.4. The second-order valence-electron chi connectivity index (χ2n) is 16.4. The van der Waals surface area contributed by atoms with E-state index in [9.17, 15) is 14.4 Å². The van der Waals surface area contributed by atoms with Gasteiger partial charge in [0.05, 0.1) is 0 Å². The van der Waals surface area contributed by atoms with Crippen LogP contribution in [0, 0.1) is 0 Å². The van der Waals surface area contributed by atoms with Crippen LogP contribution in [0.3, 0.4) is 0 Å². The molecule has 9 rings (SSSR count). The van der Waals surface area contributed by atoms with Crippen molar-refractivity contribution in [3.63, 3.8) is 0 Å². The zero-order valence-corrected chi connectivity index (χ0v) is 73.1. The molecule has 105 heavy (non-hydrogen) atoms. The van der Waals surface area contributed by atoms with Crippen LogP contribution in [0.2, 0.25) is 0 Å². The number of methoxy groups -OCH3 is 4. The minimum Gasteiger partial charge on any atom is -0.388 e. The fourth-order valence-electron chi connectivity index (χ4n) is 4.62. The summed E-state index contributed by atoms with van der Waals surface area (Å²) in [6.07, 6.45) is 1.25. The maximum Gasteiger partial charge on any atom is 0.193 e. The number of hydrogen-bond acceptors (Lipinski definition) is 7. The summed E-state index contributed by atoms with van der Waals surface area (Å²) < 4.78 is 17.0. The van der Waals surface area contributed by atoms with Crippen molar-refractivity contribution in [1.82, 2.24) is 0 Å². The molecule has 0 radical (unpaired) electrons. The Labute approximate surface area is 656 Å². The monoisotopic (exact) mass is 1460 g/mol. The van der Waals surface area contributed by atoms with E-state index in [-0.39, 0.29) is 32.2 Å². The summed E-state index contributed by atoms with van der Waals surface area (Å²) in [5.74, 6) is 0.317. The Morgan fingerprint density at radius 2 is 0.267 bits per heavy atom. The van der Waals surface area contributed by atoms with Gasteiger partial charge in [0.2, 0.25) is 0 Å². The van der Waals surface area contributed by atoms with E-state index in [1.165, 1.54) is 25.8 Å². The molecule has 0 spiro atoms. The summed E-state index contributed by atoms with van der Waals surface area (Å²) >= 11 is 0. The van der Waals surface area contributed by atoms with Gasteiger partial charge in [0.1, 0.15) is 5.78 Å². The molecule has 0 aliphatic rings. The molecule has 0 saturated heterocycles. The number of ether oxygens (including phenoxy) is 4. The van der Waals surface area contributed by atoms with Crippen LogP contribution in [-0.4, -0.2) is 74.2 Å². The molecule has 0 bridgehead atoms. The van der Waals surface area contributed by atoms with E-state index in [1.807, 2.05) is 469 Å². The van der Waals surface area contributed by atoms with E-state index in [1.54, 1.807) is 56.9 Å². The second kappa shape index (κ2) is 172. The lowest BCUT2D eigenvalue weighted by molar-refractivity contribution is -0.115. The van der Waals surface area contributed by atoms with Gasteiger partial charge >= 0.3 is 0 Å². The van der Waals surface area contributed by atoms with Crippen molar-refractivity contribution in [1.29, 1.82) is 0 Å². The highest BCUT2D eigenvalue weighted by Gasteiger charge is 2.07. The van der Waals surface area contributed by atoms with Crippen LogP contribution in [0.5, 0.6) is 0 Å².